The fraction of sp³-hybridized carbons (Fsp3) is 0.182. The molecule has 0 aliphatic rings. The van der Waals surface area contributed by atoms with E-state index in [0.717, 1.165) is 17.0 Å². The van der Waals surface area contributed by atoms with E-state index in [1.165, 1.54) is 12.0 Å². The van der Waals surface area contributed by atoms with Crippen LogP contribution in [0.4, 0.5) is 0 Å². The molecule has 0 unspecified atom stereocenters. The van der Waals surface area contributed by atoms with Crippen molar-refractivity contribution in [1.82, 2.24) is 4.98 Å². The van der Waals surface area contributed by atoms with Gasteiger partial charge in [0.05, 0.1) is 5.69 Å². The molecule has 1 heterocycles. The summed E-state index contributed by atoms with van der Waals surface area (Å²) in [4.78, 5) is 4.05. The SMILES string of the molecule is Cc1ccc(-c2ocnc2C)cc1. The zero-order valence-electron chi connectivity index (χ0n) is 7.74. The van der Waals surface area contributed by atoms with E-state index in [-0.39, 0.29) is 0 Å². The molecule has 0 saturated heterocycles. The second-order valence-electron chi connectivity index (χ2n) is 3.13. The van der Waals surface area contributed by atoms with Gasteiger partial charge in [0, 0.05) is 5.56 Å². The minimum atomic E-state index is 0.861. The van der Waals surface area contributed by atoms with Crippen LogP contribution in [0.3, 0.4) is 0 Å². The van der Waals surface area contributed by atoms with Gasteiger partial charge in [0.1, 0.15) is 0 Å². The topological polar surface area (TPSA) is 26.0 Å². The maximum atomic E-state index is 5.28. The second kappa shape index (κ2) is 3.05. The van der Waals surface area contributed by atoms with Gasteiger partial charge in [0.2, 0.25) is 0 Å². The number of hydrogen-bond acceptors (Lipinski definition) is 2. The number of rotatable bonds is 1. The Kier molecular flexibility index (Phi) is 1.89. The van der Waals surface area contributed by atoms with Crippen molar-refractivity contribution in [3.63, 3.8) is 0 Å². The lowest BCUT2D eigenvalue weighted by Gasteiger charge is -1.97. The van der Waals surface area contributed by atoms with Crippen molar-refractivity contribution in [1.29, 1.82) is 0 Å². The van der Waals surface area contributed by atoms with E-state index in [0.29, 0.717) is 0 Å². The average Bonchev–Trinajstić information content (AvgIpc) is 2.53. The molecule has 0 saturated carbocycles. The first-order valence-corrected chi connectivity index (χ1v) is 4.24. The zero-order valence-corrected chi connectivity index (χ0v) is 7.74. The summed E-state index contributed by atoms with van der Waals surface area (Å²) in [5.41, 5.74) is 3.27. The minimum Gasteiger partial charge on any atom is -0.443 e. The molecule has 0 spiro atoms. The molecule has 0 atom stereocenters. The van der Waals surface area contributed by atoms with Gasteiger partial charge >= 0.3 is 0 Å². The molecule has 0 aliphatic carbocycles. The number of nitrogens with zero attached hydrogens (tertiary/aromatic N) is 1. The smallest absolute Gasteiger partial charge is 0.181 e. The Hall–Kier alpha value is -1.57. The van der Waals surface area contributed by atoms with Crippen LogP contribution in [0.25, 0.3) is 11.3 Å². The summed E-state index contributed by atoms with van der Waals surface area (Å²) >= 11 is 0. The van der Waals surface area contributed by atoms with Crippen molar-refractivity contribution in [3.05, 3.63) is 41.9 Å². The number of aryl methyl sites for hydroxylation is 2. The van der Waals surface area contributed by atoms with E-state index in [4.69, 9.17) is 4.42 Å². The first-order chi connectivity index (χ1) is 6.27. The van der Waals surface area contributed by atoms with Gasteiger partial charge in [-0.1, -0.05) is 29.8 Å². The fourth-order valence-electron chi connectivity index (χ4n) is 1.28. The molecule has 0 bridgehead atoms. The van der Waals surface area contributed by atoms with Crippen molar-refractivity contribution in [2.45, 2.75) is 13.8 Å². The van der Waals surface area contributed by atoms with Gasteiger partial charge in [0.25, 0.3) is 0 Å². The molecular formula is C11H11NO. The van der Waals surface area contributed by atoms with Gasteiger partial charge in [0.15, 0.2) is 12.2 Å². The van der Waals surface area contributed by atoms with E-state index >= 15 is 0 Å². The summed E-state index contributed by atoms with van der Waals surface area (Å²) in [5, 5.41) is 0. The molecule has 66 valence electrons. The zero-order chi connectivity index (χ0) is 9.26. The van der Waals surface area contributed by atoms with Crippen LogP contribution < -0.4 is 0 Å². The molecule has 0 N–H and O–H groups in total. The summed E-state index contributed by atoms with van der Waals surface area (Å²) in [6, 6.07) is 8.22. The van der Waals surface area contributed by atoms with Gasteiger partial charge in [-0.15, -0.1) is 0 Å². The van der Waals surface area contributed by atoms with Crippen LogP contribution in [0, 0.1) is 13.8 Å². The summed E-state index contributed by atoms with van der Waals surface area (Å²) < 4.78 is 5.28. The largest absolute Gasteiger partial charge is 0.443 e. The molecule has 0 fully saturated rings. The standard InChI is InChI=1S/C11H11NO/c1-8-3-5-10(6-4-8)11-9(2)12-7-13-11/h3-7H,1-2H3. The summed E-state index contributed by atoms with van der Waals surface area (Å²) in [6.07, 6.45) is 1.48. The molecule has 2 nitrogen and oxygen atoms in total. The predicted molar refractivity (Wildman–Crippen MR) is 51.4 cm³/mol. The highest BCUT2D eigenvalue weighted by Crippen LogP contribution is 2.22. The van der Waals surface area contributed by atoms with Crippen LogP contribution >= 0.6 is 0 Å². The fourth-order valence-corrected chi connectivity index (χ4v) is 1.28. The molecule has 2 heteroatoms. The quantitative estimate of drug-likeness (QED) is 0.662. The normalized spacial score (nSPS) is 10.3. The Morgan fingerprint density at radius 3 is 2.31 bits per heavy atom. The van der Waals surface area contributed by atoms with Gasteiger partial charge in [-0.25, -0.2) is 4.98 Å². The molecule has 2 aromatic rings. The Morgan fingerprint density at radius 1 is 1.08 bits per heavy atom. The van der Waals surface area contributed by atoms with Crippen molar-refractivity contribution in [3.8, 4) is 11.3 Å². The Labute approximate surface area is 77.2 Å². The van der Waals surface area contributed by atoms with Crippen molar-refractivity contribution in [2.75, 3.05) is 0 Å². The molecular weight excluding hydrogens is 162 g/mol. The van der Waals surface area contributed by atoms with Crippen molar-refractivity contribution < 1.29 is 4.42 Å². The van der Waals surface area contributed by atoms with Gasteiger partial charge in [-0.3, -0.25) is 0 Å². The molecule has 1 aromatic heterocycles. The lowest BCUT2D eigenvalue weighted by molar-refractivity contribution is 0.571. The molecule has 13 heavy (non-hydrogen) atoms. The molecule has 0 aliphatic heterocycles. The Morgan fingerprint density at radius 2 is 1.77 bits per heavy atom. The van der Waals surface area contributed by atoms with Crippen LogP contribution in [0.5, 0.6) is 0 Å². The van der Waals surface area contributed by atoms with E-state index in [1.807, 2.05) is 19.1 Å². The molecule has 2 rings (SSSR count). The van der Waals surface area contributed by atoms with Crippen LogP contribution in [-0.2, 0) is 0 Å². The minimum absolute atomic E-state index is 0.861. The monoisotopic (exact) mass is 173 g/mol. The van der Waals surface area contributed by atoms with E-state index in [2.05, 4.69) is 24.0 Å². The maximum Gasteiger partial charge on any atom is 0.181 e. The van der Waals surface area contributed by atoms with Gasteiger partial charge in [-0.2, -0.15) is 0 Å². The van der Waals surface area contributed by atoms with Gasteiger partial charge < -0.3 is 4.42 Å². The van der Waals surface area contributed by atoms with Crippen LogP contribution in [-0.4, -0.2) is 4.98 Å². The first-order valence-electron chi connectivity index (χ1n) is 4.24. The molecule has 0 amide bonds. The summed E-state index contributed by atoms with van der Waals surface area (Å²) in [5.74, 6) is 0.861. The number of aromatic nitrogens is 1. The van der Waals surface area contributed by atoms with Crippen LogP contribution in [0.2, 0.25) is 0 Å². The predicted octanol–water partition coefficient (Wildman–Crippen LogP) is 2.96. The molecule has 1 aromatic carbocycles. The third-order valence-corrected chi connectivity index (χ3v) is 2.06. The highest BCUT2D eigenvalue weighted by atomic mass is 16.3. The van der Waals surface area contributed by atoms with Crippen LogP contribution in [0.1, 0.15) is 11.3 Å². The van der Waals surface area contributed by atoms with Crippen molar-refractivity contribution >= 4 is 0 Å². The Balaban J connectivity index is 2.47. The third-order valence-electron chi connectivity index (χ3n) is 2.06. The second-order valence-corrected chi connectivity index (χ2v) is 3.13. The number of oxazole rings is 1. The number of benzene rings is 1. The highest BCUT2D eigenvalue weighted by molar-refractivity contribution is 5.59. The Bertz CT molecular complexity index is 400. The summed E-state index contributed by atoms with van der Waals surface area (Å²) in [7, 11) is 0. The lowest BCUT2D eigenvalue weighted by Crippen LogP contribution is -1.78. The summed E-state index contributed by atoms with van der Waals surface area (Å²) in [6.45, 7) is 4.01. The molecule has 0 radical (unpaired) electrons. The maximum absolute atomic E-state index is 5.28. The first kappa shape index (κ1) is 8.05. The van der Waals surface area contributed by atoms with Crippen molar-refractivity contribution in [2.24, 2.45) is 0 Å². The van der Waals surface area contributed by atoms with E-state index < -0.39 is 0 Å². The van der Waals surface area contributed by atoms with E-state index in [9.17, 15) is 0 Å². The van der Waals surface area contributed by atoms with E-state index in [1.54, 1.807) is 0 Å². The van der Waals surface area contributed by atoms with Crippen LogP contribution in [0.15, 0.2) is 35.1 Å². The lowest BCUT2D eigenvalue weighted by atomic mass is 10.1. The van der Waals surface area contributed by atoms with Gasteiger partial charge in [-0.05, 0) is 13.8 Å². The number of hydrogen-bond donors (Lipinski definition) is 0. The third kappa shape index (κ3) is 1.47. The average molecular weight is 173 g/mol. The highest BCUT2D eigenvalue weighted by Gasteiger charge is 2.04.